The van der Waals surface area contributed by atoms with Gasteiger partial charge in [0.15, 0.2) is 0 Å². The van der Waals surface area contributed by atoms with E-state index in [2.05, 4.69) is 0 Å². The van der Waals surface area contributed by atoms with E-state index in [1.54, 1.807) is 12.1 Å². The summed E-state index contributed by atoms with van der Waals surface area (Å²) in [5.41, 5.74) is 0.956. The van der Waals surface area contributed by atoms with Crippen LogP contribution in [-0.4, -0.2) is 46.7 Å². The summed E-state index contributed by atoms with van der Waals surface area (Å²) in [5, 5.41) is 29.8. The zero-order valence-electron chi connectivity index (χ0n) is 11.4. The van der Waals surface area contributed by atoms with E-state index in [0.717, 1.165) is 18.4 Å². The van der Waals surface area contributed by atoms with Gasteiger partial charge in [0, 0.05) is 13.2 Å². The number of unbranched alkanes of at least 4 members (excludes halogenated alkanes) is 1. The van der Waals surface area contributed by atoms with Gasteiger partial charge >= 0.3 is 0 Å². The van der Waals surface area contributed by atoms with Crippen molar-refractivity contribution in [2.75, 3.05) is 13.2 Å². The number of aryl methyl sites for hydroxylation is 1. The molecule has 0 amide bonds. The van der Waals surface area contributed by atoms with Crippen molar-refractivity contribution in [2.45, 2.75) is 24.7 Å². The second-order valence-electron chi connectivity index (χ2n) is 3.68. The van der Waals surface area contributed by atoms with Gasteiger partial charge in [-0.3, -0.25) is 4.55 Å². The SMILES string of the molecule is Cc1ccc(S(=O)(=O)O)cc1.O=[N+]([O-])O.OCCCCO. The molecule has 1 aromatic carbocycles. The van der Waals surface area contributed by atoms with Crippen LogP contribution in [0, 0.1) is 17.0 Å². The second kappa shape index (κ2) is 12.0. The van der Waals surface area contributed by atoms with Crippen LogP contribution in [0.3, 0.4) is 0 Å². The van der Waals surface area contributed by atoms with Gasteiger partial charge in [0.2, 0.25) is 0 Å². The average Bonchev–Trinajstić information content (AvgIpc) is 2.36. The average molecular weight is 325 g/mol. The molecule has 0 saturated heterocycles. The highest BCUT2D eigenvalue weighted by Crippen LogP contribution is 2.08. The van der Waals surface area contributed by atoms with Crippen LogP contribution in [-0.2, 0) is 10.1 Å². The fourth-order valence-corrected chi connectivity index (χ4v) is 1.41. The Kier molecular flexibility index (Phi) is 12.3. The van der Waals surface area contributed by atoms with Crippen molar-refractivity contribution in [3.05, 3.63) is 39.9 Å². The summed E-state index contributed by atoms with van der Waals surface area (Å²) in [6.45, 7) is 2.23. The summed E-state index contributed by atoms with van der Waals surface area (Å²) >= 11 is 0. The number of aliphatic hydroxyl groups is 2. The van der Waals surface area contributed by atoms with Crippen molar-refractivity contribution in [3.8, 4) is 0 Å². The molecule has 0 fully saturated rings. The Morgan fingerprint density at radius 2 is 1.43 bits per heavy atom. The van der Waals surface area contributed by atoms with Gasteiger partial charge < -0.3 is 15.4 Å². The molecule has 1 aromatic rings. The maximum atomic E-state index is 10.5. The fourth-order valence-electron chi connectivity index (χ4n) is 0.934. The number of aliphatic hydroxyl groups excluding tert-OH is 2. The molecule has 0 aliphatic rings. The van der Waals surface area contributed by atoms with E-state index >= 15 is 0 Å². The van der Waals surface area contributed by atoms with Crippen LogP contribution in [0.2, 0.25) is 0 Å². The lowest BCUT2D eigenvalue weighted by Gasteiger charge is -1.95. The van der Waals surface area contributed by atoms with Crippen molar-refractivity contribution < 1.29 is 33.5 Å². The summed E-state index contributed by atoms with van der Waals surface area (Å²) in [6, 6.07) is 5.99. The molecule has 0 spiro atoms. The number of benzene rings is 1. The topological polar surface area (TPSA) is 158 Å². The fraction of sp³-hybridized carbons (Fsp3) is 0.455. The van der Waals surface area contributed by atoms with E-state index < -0.39 is 15.2 Å². The molecule has 1 rings (SSSR count). The molecule has 21 heavy (non-hydrogen) atoms. The highest BCUT2D eigenvalue weighted by atomic mass is 32.2. The summed E-state index contributed by atoms with van der Waals surface area (Å²) in [6.07, 6.45) is 1.44. The van der Waals surface area contributed by atoms with Crippen molar-refractivity contribution in [1.82, 2.24) is 0 Å². The van der Waals surface area contributed by atoms with Crippen LogP contribution in [0.5, 0.6) is 0 Å². The number of rotatable bonds is 4. The molecule has 0 unspecified atom stereocenters. The smallest absolute Gasteiger partial charge is 0.294 e. The molecule has 0 aliphatic carbocycles. The Morgan fingerprint density at radius 1 is 1.10 bits per heavy atom. The predicted octanol–water partition coefficient (Wildman–Crippen LogP) is 0.645. The minimum atomic E-state index is -4.02. The highest BCUT2D eigenvalue weighted by molar-refractivity contribution is 7.85. The first-order valence-electron chi connectivity index (χ1n) is 5.74. The van der Waals surface area contributed by atoms with E-state index in [1.807, 2.05) is 6.92 Å². The maximum absolute atomic E-state index is 10.5. The Labute approximate surface area is 122 Å². The van der Waals surface area contributed by atoms with Gasteiger partial charge in [0.05, 0.1) is 4.90 Å². The van der Waals surface area contributed by atoms with E-state index in [-0.39, 0.29) is 18.1 Å². The standard InChI is InChI=1S/C7H8O3S.C4H10O2.HNO3/c1-6-2-4-7(5-3-6)11(8,9)10;5-3-1-2-4-6;2-1(3)4/h2-5H,1H3,(H,8,9,10);5-6H,1-4H2;(H,2,3,4). The van der Waals surface area contributed by atoms with Crippen LogP contribution in [0.15, 0.2) is 29.2 Å². The third-order valence-electron chi connectivity index (χ3n) is 1.89. The Balaban J connectivity index is 0. The third-order valence-corrected chi connectivity index (χ3v) is 2.75. The largest absolute Gasteiger partial charge is 0.396 e. The van der Waals surface area contributed by atoms with E-state index in [9.17, 15) is 8.42 Å². The van der Waals surface area contributed by atoms with Crippen LogP contribution in [0.25, 0.3) is 0 Å². The van der Waals surface area contributed by atoms with E-state index in [1.165, 1.54) is 12.1 Å². The second-order valence-corrected chi connectivity index (χ2v) is 5.10. The van der Waals surface area contributed by atoms with Gasteiger partial charge in [-0.05, 0) is 31.9 Å². The number of hydrogen-bond donors (Lipinski definition) is 4. The minimum absolute atomic E-state index is 0.0666. The third kappa shape index (κ3) is 16.2. The van der Waals surface area contributed by atoms with Gasteiger partial charge in [-0.25, -0.2) is 0 Å². The summed E-state index contributed by atoms with van der Waals surface area (Å²) < 4.78 is 29.6. The molecular formula is C11H19NO8S. The summed E-state index contributed by atoms with van der Waals surface area (Å²) in [4.78, 5) is 8.29. The number of nitrogens with zero attached hydrogens (tertiary/aromatic N) is 1. The maximum Gasteiger partial charge on any atom is 0.294 e. The van der Waals surface area contributed by atoms with Crippen LogP contribution >= 0.6 is 0 Å². The molecule has 0 aromatic heterocycles. The van der Waals surface area contributed by atoms with E-state index in [4.69, 9.17) is 30.1 Å². The van der Waals surface area contributed by atoms with Crippen LogP contribution < -0.4 is 0 Å². The lowest BCUT2D eigenvalue weighted by Crippen LogP contribution is -1.96. The first-order valence-corrected chi connectivity index (χ1v) is 7.18. The molecule has 0 saturated carbocycles. The first kappa shape index (κ1) is 21.5. The van der Waals surface area contributed by atoms with Gasteiger partial charge in [-0.2, -0.15) is 8.42 Å². The molecule has 4 N–H and O–H groups in total. The molecule has 10 heteroatoms. The summed E-state index contributed by atoms with van der Waals surface area (Å²) in [7, 11) is -4.02. The van der Waals surface area contributed by atoms with E-state index in [0.29, 0.717) is 0 Å². The molecule has 0 atom stereocenters. The van der Waals surface area contributed by atoms with Gasteiger partial charge in [-0.15, -0.1) is 10.1 Å². The number of hydrogen-bond acceptors (Lipinski definition) is 6. The lowest BCUT2D eigenvalue weighted by molar-refractivity contribution is -0.742. The Hall–Kier alpha value is -1.75. The van der Waals surface area contributed by atoms with Crippen LogP contribution in [0.4, 0.5) is 0 Å². The zero-order valence-corrected chi connectivity index (χ0v) is 12.2. The highest BCUT2D eigenvalue weighted by Gasteiger charge is 2.06. The van der Waals surface area contributed by atoms with Crippen molar-refractivity contribution in [3.63, 3.8) is 0 Å². The molecule has 9 nitrogen and oxygen atoms in total. The predicted molar refractivity (Wildman–Crippen MR) is 73.2 cm³/mol. The van der Waals surface area contributed by atoms with Crippen LogP contribution in [0.1, 0.15) is 18.4 Å². The Morgan fingerprint density at radius 3 is 1.67 bits per heavy atom. The van der Waals surface area contributed by atoms with Gasteiger partial charge in [-0.1, -0.05) is 17.7 Å². The molecular weight excluding hydrogens is 306 g/mol. The van der Waals surface area contributed by atoms with Crippen molar-refractivity contribution >= 4 is 10.1 Å². The molecule has 0 bridgehead atoms. The zero-order chi connectivity index (χ0) is 16.9. The Bertz CT molecular complexity index is 477. The van der Waals surface area contributed by atoms with Crippen molar-refractivity contribution in [1.29, 1.82) is 0 Å². The molecule has 0 heterocycles. The van der Waals surface area contributed by atoms with Gasteiger partial charge in [0.1, 0.15) is 0 Å². The lowest BCUT2D eigenvalue weighted by atomic mass is 10.2. The van der Waals surface area contributed by atoms with Crippen molar-refractivity contribution in [2.24, 2.45) is 0 Å². The molecule has 0 aliphatic heterocycles. The molecule has 0 radical (unpaired) electrons. The van der Waals surface area contributed by atoms with Gasteiger partial charge in [0.25, 0.3) is 15.2 Å². The minimum Gasteiger partial charge on any atom is -0.396 e. The summed E-state index contributed by atoms with van der Waals surface area (Å²) in [5.74, 6) is 0. The first-order chi connectivity index (χ1) is 9.65. The molecule has 122 valence electrons. The monoisotopic (exact) mass is 325 g/mol. The quantitative estimate of drug-likeness (QED) is 0.272. The normalized spacial score (nSPS) is 9.71.